The van der Waals surface area contributed by atoms with Crippen LogP contribution in [0.2, 0.25) is 0 Å². The van der Waals surface area contributed by atoms with Crippen molar-refractivity contribution in [3.8, 4) is 0 Å². The van der Waals surface area contributed by atoms with E-state index in [0.717, 1.165) is 12.1 Å². The standard InChI is InChI=1S/C15H16F4N4/c1-3-9(2)20-14-22-12(15(17,18)19)8-13(23-14)21-11-6-4-5-10(16)7-11/h4-9H,3H2,1-2H3,(H2,20,21,22,23)/t9-/m0/s1. The van der Waals surface area contributed by atoms with E-state index in [0.29, 0.717) is 12.1 Å². The molecule has 1 aromatic heterocycles. The zero-order valence-electron chi connectivity index (χ0n) is 12.6. The highest BCUT2D eigenvalue weighted by atomic mass is 19.4. The van der Waals surface area contributed by atoms with Crippen LogP contribution in [-0.4, -0.2) is 16.0 Å². The van der Waals surface area contributed by atoms with Gasteiger partial charge < -0.3 is 10.6 Å². The third-order valence-corrected chi connectivity index (χ3v) is 3.10. The summed E-state index contributed by atoms with van der Waals surface area (Å²) in [7, 11) is 0. The number of nitrogens with one attached hydrogen (secondary N) is 2. The fourth-order valence-corrected chi connectivity index (χ4v) is 1.76. The number of benzene rings is 1. The van der Waals surface area contributed by atoms with Crippen molar-refractivity contribution in [3.05, 3.63) is 41.8 Å². The van der Waals surface area contributed by atoms with Crippen LogP contribution in [0.15, 0.2) is 30.3 Å². The smallest absolute Gasteiger partial charge is 0.352 e. The fraction of sp³-hybridized carbons (Fsp3) is 0.333. The second-order valence-corrected chi connectivity index (χ2v) is 5.05. The maximum absolute atomic E-state index is 13.2. The van der Waals surface area contributed by atoms with E-state index in [1.54, 1.807) is 0 Å². The quantitative estimate of drug-likeness (QED) is 0.788. The van der Waals surface area contributed by atoms with Gasteiger partial charge in [-0.1, -0.05) is 13.0 Å². The van der Waals surface area contributed by atoms with E-state index in [9.17, 15) is 17.6 Å². The molecule has 0 bridgehead atoms. The zero-order chi connectivity index (χ0) is 17.0. The van der Waals surface area contributed by atoms with Crippen LogP contribution in [0.3, 0.4) is 0 Å². The Labute approximate surface area is 131 Å². The van der Waals surface area contributed by atoms with E-state index in [4.69, 9.17) is 0 Å². The zero-order valence-corrected chi connectivity index (χ0v) is 12.6. The first kappa shape index (κ1) is 17.0. The Bertz CT molecular complexity index is 673. The van der Waals surface area contributed by atoms with Crippen molar-refractivity contribution in [2.24, 2.45) is 0 Å². The van der Waals surface area contributed by atoms with E-state index in [-0.39, 0.29) is 17.8 Å². The number of anilines is 3. The van der Waals surface area contributed by atoms with Crippen LogP contribution in [0.1, 0.15) is 26.0 Å². The molecule has 2 aromatic rings. The van der Waals surface area contributed by atoms with Gasteiger partial charge in [-0.05, 0) is 31.5 Å². The highest BCUT2D eigenvalue weighted by molar-refractivity contribution is 5.57. The van der Waals surface area contributed by atoms with Crippen molar-refractivity contribution in [1.82, 2.24) is 9.97 Å². The second kappa shape index (κ2) is 6.80. The van der Waals surface area contributed by atoms with Crippen molar-refractivity contribution < 1.29 is 17.6 Å². The Hall–Kier alpha value is -2.38. The molecule has 0 saturated heterocycles. The Balaban J connectivity index is 2.35. The van der Waals surface area contributed by atoms with E-state index in [2.05, 4.69) is 20.6 Å². The van der Waals surface area contributed by atoms with Crippen molar-refractivity contribution in [2.75, 3.05) is 10.6 Å². The van der Waals surface area contributed by atoms with Gasteiger partial charge >= 0.3 is 6.18 Å². The topological polar surface area (TPSA) is 49.8 Å². The molecule has 4 nitrogen and oxygen atoms in total. The van der Waals surface area contributed by atoms with Crippen molar-refractivity contribution in [2.45, 2.75) is 32.5 Å². The van der Waals surface area contributed by atoms with E-state index in [1.807, 2.05) is 13.8 Å². The largest absolute Gasteiger partial charge is 0.433 e. The first-order valence-electron chi connectivity index (χ1n) is 7.03. The minimum absolute atomic E-state index is 0.0660. The molecule has 0 spiro atoms. The first-order chi connectivity index (χ1) is 10.8. The molecule has 0 amide bonds. The van der Waals surface area contributed by atoms with Gasteiger partial charge in [-0.2, -0.15) is 18.2 Å². The van der Waals surface area contributed by atoms with Crippen LogP contribution in [0.5, 0.6) is 0 Å². The van der Waals surface area contributed by atoms with Gasteiger partial charge in [0.1, 0.15) is 11.6 Å². The summed E-state index contributed by atoms with van der Waals surface area (Å²) in [5, 5.41) is 5.46. The van der Waals surface area contributed by atoms with Gasteiger partial charge in [-0.25, -0.2) is 9.37 Å². The molecule has 0 aliphatic carbocycles. The molecule has 2 rings (SSSR count). The average Bonchev–Trinajstić information content (AvgIpc) is 2.46. The Morgan fingerprint density at radius 3 is 2.52 bits per heavy atom. The molecule has 0 radical (unpaired) electrons. The molecule has 1 atom stereocenters. The van der Waals surface area contributed by atoms with Gasteiger partial charge in [0.15, 0.2) is 5.69 Å². The molecule has 0 aliphatic heterocycles. The fourth-order valence-electron chi connectivity index (χ4n) is 1.76. The highest BCUT2D eigenvalue weighted by Crippen LogP contribution is 2.30. The second-order valence-electron chi connectivity index (χ2n) is 5.05. The molecular weight excluding hydrogens is 312 g/mol. The minimum atomic E-state index is -4.60. The van der Waals surface area contributed by atoms with E-state index < -0.39 is 17.7 Å². The Morgan fingerprint density at radius 2 is 1.91 bits per heavy atom. The molecule has 23 heavy (non-hydrogen) atoms. The molecule has 8 heteroatoms. The molecular formula is C15H16F4N4. The number of rotatable bonds is 5. The van der Waals surface area contributed by atoms with Gasteiger partial charge in [0.05, 0.1) is 0 Å². The predicted molar refractivity (Wildman–Crippen MR) is 80.1 cm³/mol. The van der Waals surface area contributed by atoms with Gasteiger partial charge in [0.25, 0.3) is 0 Å². The van der Waals surface area contributed by atoms with Gasteiger partial charge in [-0.15, -0.1) is 0 Å². The Kier molecular flexibility index (Phi) is 5.02. The molecule has 124 valence electrons. The number of halogens is 4. The van der Waals surface area contributed by atoms with Crippen LogP contribution in [0.25, 0.3) is 0 Å². The lowest BCUT2D eigenvalue weighted by molar-refractivity contribution is -0.141. The first-order valence-corrected chi connectivity index (χ1v) is 7.03. The molecule has 2 N–H and O–H groups in total. The maximum Gasteiger partial charge on any atom is 0.433 e. The summed E-state index contributed by atoms with van der Waals surface area (Å²) in [5.74, 6) is -0.699. The lowest BCUT2D eigenvalue weighted by Crippen LogP contribution is -2.18. The summed E-state index contributed by atoms with van der Waals surface area (Å²) < 4.78 is 52.1. The van der Waals surface area contributed by atoms with Crippen LogP contribution in [0.4, 0.5) is 35.0 Å². The predicted octanol–water partition coefficient (Wildman–Crippen LogP) is 4.59. The van der Waals surface area contributed by atoms with Gasteiger partial charge in [0, 0.05) is 17.8 Å². The minimum Gasteiger partial charge on any atom is -0.352 e. The van der Waals surface area contributed by atoms with Gasteiger partial charge in [0.2, 0.25) is 5.95 Å². The monoisotopic (exact) mass is 328 g/mol. The number of nitrogens with zero attached hydrogens (tertiary/aromatic N) is 2. The Morgan fingerprint density at radius 1 is 1.17 bits per heavy atom. The average molecular weight is 328 g/mol. The summed E-state index contributed by atoms with van der Waals surface area (Å²) in [4.78, 5) is 7.49. The van der Waals surface area contributed by atoms with E-state index >= 15 is 0 Å². The lowest BCUT2D eigenvalue weighted by Gasteiger charge is -2.15. The summed E-state index contributed by atoms with van der Waals surface area (Å²) in [5.41, 5.74) is -0.775. The van der Waals surface area contributed by atoms with Gasteiger partial charge in [-0.3, -0.25) is 0 Å². The van der Waals surface area contributed by atoms with Crippen molar-refractivity contribution in [1.29, 1.82) is 0 Å². The SMILES string of the molecule is CC[C@H](C)Nc1nc(Nc2cccc(F)c2)cc(C(F)(F)F)n1. The third kappa shape index (κ3) is 4.80. The third-order valence-electron chi connectivity index (χ3n) is 3.10. The maximum atomic E-state index is 13.2. The van der Waals surface area contributed by atoms with Crippen LogP contribution in [-0.2, 0) is 6.18 Å². The molecule has 0 aliphatic rings. The number of hydrogen-bond donors (Lipinski definition) is 2. The lowest BCUT2D eigenvalue weighted by atomic mass is 10.3. The van der Waals surface area contributed by atoms with Crippen LogP contribution >= 0.6 is 0 Å². The molecule has 1 heterocycles. The summed E-state index contributed by atoms with van der Waals surface area (Å²) in [6.07, 6.45) is -3.90. The van der Waals surface area contributed by atoms with Crippen LogP contribution < -0.4 is 10.6 Å². The summed E-state index contributed by atoms with van der Waals surface area (Å²) >= 11 is 0. The molecule has 0 saturated carbocycles. The molecule has 1 aromatic carbocycles. The molecule has 0 unspecified atom stereocenters. The number of alkyl halides is 3. The van der Waals surface area contributed by atoms with Crippen LogP contribution in [0, 0.1) is 5.82 Å². The highest BCUT2D eigenvalue weighted by Gasteiger charge is 2.33. The van der Waals surface area contributed by atoms with Crippen molar-refractivity contribution in [3.63, 3.8) is 0 Å². The summed E-state index contributed by atoms with van der Waals surface area (Å²) in [6.45, 7) is 3.69. The number of aromatic nitrogens is 2. The van der Waals surface area contributed by atoms with E-state index in [1.165, 1.54) is 18.2 Å². The molecule has 0 fully saturated rings. The van der Waals surface area contributed by atoms with Crippen molar-refractivity contribution >= 4 is 17.5 Å². The number of hydrogen-bond acceptors (Lipinski definition) is 4. The summed E-state index contributed by atoms with van der Waals surface area (Å²) in [6, 6.07) is 6.08. The normalized spacial score (nSPS) is 12.8.